The van der Waals surface area contributed by atoms with Crippen LogP contribution in [0.25, 0.3) is 0 Å². The number of carbonyl (C=O) groups excluding carboxylic acids is 1. The molecule has 1 aliphatic heterocycles. The van der Waals surface area contributed by atoms with E-state index in [1.165, 1.54) is 6.07 Å². The topological polar surface area (TPSA) is 38.3 Å². The number of nitrogens with one attached hydrogen (secondary N) is 1. The minimum absolute atomic E-state index is 0. The third-order valence-electron chi connectivity index (χ3n) is 3.25. The highest BCUT2D eigenvalue weighted by atomic mass is 35.5. The molecule has 0 saturated carbocycles. The van der Waals surface area contributed by atoms with Crippen molar-refractivity contribution < 1.29 is 27.1 Å². The van der Waals surface area contributed by atoms with Gasteiger partial charge in [-0.05, 0) is 17.7 Å². The lowest BCUT2D eigenvalue weighted by molar-refractivity contribution is -0.140. The maximum Gasteiger partial charge on any atom is 0.419 e. The minimum atomic E-state index is -4.74. The van der Waals surface area contributed by atoms with Crippen molar-refractivity contribution in [3.63, 3.8) is 0 Å². The Morgan fingerprint density at radius 2 is 1.95 bits per heavy atom. The third-order valence-corrected chi connectivity index (χ3v) is 3.25. The smallest absolute Gasteiger partial charge is 0.419 e. The Balaban J connectivity index is 0.00000220. The van der Waals surface area contributed by atoms with Crippen molar-refractivity contribution in [3.8, 4) is 0 Å². The number of alkyl halides is 3. The number of hydrogen-bond acceptors (Lipinski definition) is 2. The minimum Gasteiger partial charge on any atom is -0.449 e. The summed E-state index contributed by atoms with van der Waals surface area (Å²) in [4.78, 5) is 11.2. The number of alkyl carbamates (subject to hydrolysis) is 1. The van der Waals surface area contributed by atoms with Crippen LogP contribution in [0.5, 0.6) is 0 Å². The number of halogens is 5. The molecule has 8 heteroatoms. The Hall–Kier alpha value is -1.50. The molecular formula is C13H14ClF4NO2. The number of hydrogen-bond donors (Lipinski definition) is 1. The van der Waals surface area contributed by atoms with Crippen LogP contribution in [0, 0.1) is 11.2 Å². The van der Waals surface area contributed by atoms with Gasteiger partial charge in [-0.1, -0.05) is 19.9 Å². The zero-order valence-corrected chi connectivity index (χ0v) is 12.1. The standard InChI is InChI=1S/C13H13F4NO2.ClH/c1-12(2)6-20-11(19)18-10(12)7-3-4-8(9(14)5-7)13(15,16)17;/h3-5,10H,6H2,1-2H3,(H,18,19);1H/t10-;/m1./s1. The molecule has 21 heavy (non-hydrogen) atoms. The van der Waals surface area contributed by atoms with E-state index >= 15 is 0 Å². The first-order valence-corrected chi connectivity index (χ1v) is 5.91. The molecule has 3 nitrogen and oxygen atoms in total. The van der Waals surface area contributed by atoms with Crippen molar-refractivity contribution in [2.45, 2.75) is 26.1 Å². The Morgan fingerprint density at radius 1 is 1.33 bits per heavy atom. The fourth-order valence-electron chi connectivity index (χ4n) is 2.17. The lowest BCUT2D eigenvalue weighted by atomic mass is 9.80. The van der Waals surface area contributed by atoms with Gasteiger partial charge in [0.25, 0.3) is 0 Å². The van der Waals surface area contributed by atoms with Crippen LogP contribution in [0.4, 0.5) is 22.4 Å². The third kappa shape index (κ3) is 3.58. The summed E-state index contributed by atoms with van der Waals surface area (Å²) in [5, 5.41) is 2.50. The zero-order valence-electron chi connectivity index (χ0n) is 11.3. The first kappa shape index (κ1) is 17.6. The van der Waals surface area contributed by atoms with Crippen LogP contribution in [-0.2, 0) is 10.9 Å². The molecule has 1 amide bonds. The summed E-state index contributed by atoms with van der Waals surface area (Å²) in [6.45, 7) is 3.64. The van der Waals surface area contributed by atoms with E-state index in [-0.39, 0.29) is 24.6 Å². The summed E-state index contributed by atoms with van der Waals surface area (Å²) in [6, 6.07) is 2.05. The van der Waals surface area contributed by atoms with Gasteiger partial charge in [-0.15, -0.1) is 12.4 Å². The number of benzene rings is 1. The SMILES string of the molecule is CC1(C)COC(=O)N[C@@H]1c1ccc(C(F)(F)F)c(F)c1.Cl. The number of carbonyl (C=O) groups is 1. The van der Waals surface area contributed by atoms with Crippen molar-refractivity contribution in [2.75, 3.05) is 6.61 Å². The molecular weight excluding hydrogens is 314 g/mol. The summed E-state index contributed by atoms with van der Waals surface area (Å²) in [5.41, 5.74) is -1.60. The van der Waals surface area contributed by atoms with Gasteiger partial charge in [0, 0.05) is 5.41 Å². The number of ether oxygens (including phenoxy) is 1. The van der Waals surface area contributed by atoms with Gasteiger partial charge >= 0.3 is 12.3 Å². The average molecular weight is 328 g/mol. The predicted octanol–water partition coefficient (Wildman–Crippen LogP) is 4.07. The number of cyclic esters (lactones) is 1. The van der Waals surface area contributed by atoms with E-state index in [1.54, 1.807) is 13.8 Å². The van der Waals surface area contributed by atoms with E-state index in [1.807, 2.05) is 0 Å². The van der Waals surface area contributed by atoms with Crippen LogP contribution >= 0.6 is 12.4 Å². The van der Waals surface area contributed by atoms with Crippen molar-refractivity contribution in [2.24, 2.45) is 5.41 Å². The number of rotatable bonds is 1. The maximum absolute atomic E-state index is 13.6. The molecule has 0 bridgehead atoms. The van der Waals surface area contributed by atoms with Gasteiger partial charge in [0.2, 0.25) is 0 Å². The van der Waals surface area contributed by atoms with Crippen LogP contribution in [0.1, 0.15) is 31.0 Å². The van der Waals surface area contributed by atoms with Crippen LogP contribution in [0.15, 0.2) is 18.2 Å². The molecule has 0 radical (unpaired) electrons. The number of amides is 1. The lowest BCUT2D eigenvalue weighted by Crippen LogP contribution is -2.47. The van der Waals surface area contributed by atoms with Crippen molar-refractivity contribution >= 4 is 18.5 Å². The highest BCUT2D eigenvalue weighted by Gasteiger charge is 2.39. The van der Waals surface area contributed by atoms with Crippen LogP contribution in [0.3, 0.4) is 0 Å². The van der Waals surface area contributed by atoms with Gasteiger partial charge in [-0.25, -0.2) is 9.18 Å². The lowest BCUT2D eigenvalue weighted by Gasteiger charge is -2.38. The average Bonchev–Trinajstić information content (AvgIpc) is 2.30. The molecule has 0 aliphatic carbocycles. The summed E-state index contributed by atoms with van der Waals surface area (Å²) in [6.07, 6.45) is -5.41. The maximum atomic E-state index is 13.6. The second-order valence-electron chi connectivity index (χ2n) is 5.38. The van der Waals surface area contributed by atoms with Gasteiger partial charge < -0.3 is 10.1 Å². The van der Waals surface area contributed by atoms with E-state index in [2.05, 4.69) is 5.32 Å². The van der Waals surface area contributed by atoms with E-state index in [4.69, 9.17) is 4.74 Å². The normalized spacial score (nSPS) is 21.0. The Morgan fingerprint density at radius 3 is 2.48 bits per heavy atom. The Bertz CT molecular complexity index is 545. The van der Waals surface area contributed by atoms with E-state index < -0.39 is 35.1 Å². The van der Waals surface area contributed by atoms with Crippen molar-refractivity contribution in [1.82, 2.24) is 5.32 Å². The molecule has 1 aromatic rings. The molecule has 1 heterocycles. The van der Waals surface area contributed by atoms with E-state index in [0.717, 1.165) is 6.07 Å². The molecule has 118 valence electrons. The predicted molar refractivity (Wildman–Crippen MR) is 69.7 cm³/mol. The fourth-order valence-corrected chi connectivity index (χ4v) is 2.17. The molecule has 1 aliphatic rings. The first-order valence-electron chi connectivity index (χ1n) is 5.91. The summed E-state index contributed by atoms with van der Waals surface area (Å²) in [7, 11) is 0. The molecule has 1 atom stereocenters. The molecule has 1 N–H and O–H groups in total. The summed E-state index contributed by atoms with van der Waals surface area (Å²) < 4.78 is 55.9. The van der Waals surface area contributed by atoms with Gasteiger partial charge in [0.1, 0.15) is 12.4 Å². The van der Waals surface area contributed by atoms with Crippen LogP contribution in [-0.4, -0.2) is 12.7 Å². The molecule has 1 saturated heterocycles. The molecule has 0 aromatic heterocycles. The Kier molecular flexibility index (Phi) is 4.77. The van der Waals surface area contributed by atoms with Crippen molar-refractivity contribution in [3.05, 3.63) is 35.1 Å². The van der Waals surface area contributed by atoms with E-state index in [0.29, 0.717) is 6.07 Å². The summed E-state index contributed by atoms with van der Waals surface area (Å²) in [5.74, 6) is -1.36. The molecule has 2 rings (SSSR count). The fraction of sp³-hybridized carbons (Fsp3) is 0.462. The quantitative estimate of drug-likeness (QED) is 0.789. The highest BCUT2D eigenvalue weighted by molar-refractivity contribution is 5.85. The van der Waals surface area contributed by atoms with Crippen molar-refractivity contribution in [1.29, 1.82) is 0 Å². The highest BCUT2D eigenvalue weighted by Crippen LogP contribution is 2.38. The molecule has 1 fully saturated rings. The largest absolute Gasteiger partial charge is 0.449 e. The second-order valence-corrected chi connectivity index (χ2v) is 5.38. The van der Waals surface area contributed by atoms with Crippen LogP contribution in [0.2, 0.25) is 0 Å². The molecule has 0 spiro atoms. The van der Waals surface area contributed by atoms with Gasteiger partial charge in [-0.2, -0.15) is 13.2 Å². The van der Waals surface area contributed by atoms with Crippen LogP contribution < -0.4 is 5.32 Å². The summed E-state index contributed by atoms with van der Waals surface area (Å²) >= 11 is 0. The molecule has 0 unspecified atom stereocenters. The first-order chi connectivity index (χ1) is 9.11. The second kappa shape index (κ2) is 5.71. The molecule has 1 aromatic carbocycles. The Labute approximate surface area is 125 Å². The van der Waals surface area contributed by atoms with Gasteiger partial charge in [-0.3, -0.25) is 0 Å². The van der Waals surface area contributed by atoms with Gasteiger partial charge in [0.05, 0.1) is 11.6 Å². The zero-order chi connectivity index (χ0) is 15.1. The van der Waals surface area contributed by atoms with E-state index in [9.17, 15) is 22.4 Å². The monoisotopic (exact) mass is 327 g/mol. The van der Waals surface area contributed by atoms with Gasteiger partial charge in [0.15, 0.2) is 0 Å².